The topological polar surface area (TPSA) is 89.1 Å². The summed E-state index contributed by atoms with van der Waals surface area (Å²) in [7, 11) is 0. The molecule has 0 bridgehead atoms. The summed E-state index contributed by atoms with van der Waals surface area (Å²) in [5.41, 5.74) is 0.513. The van der Waals surface area contributed by atoms with Crippen LogP contribution in [0.5, 0.6) is 11.5 Å². The van der Waals surface area contributed by atoms with Gasteiger partial charge in [-0.25, -0.2) is 0 Å². The fourth-order valence-electron chi connectivity index (χ4n) is 4.20. The highest BCUT2D eigenvalue weighted by Crippen LogP contribution is 2.32. The first-order valence-electron chi connectivity index (χ1n) is 10.5. The van der Waals surface area contributed by atoms with E-state index in [2.05, 4.69) is 15.5 Å². The molecule has 29 heavy (non-hydrogen) atoms. The summed E-state index contributed by atoms with van der Waals surface area (Å²) in [5, 5.41) is 5.41. The molecule has 0 aliphatic carbocycles. The normalized spacial score (nSPS) is 20.8. The number of rotatable bonds is 4. The minimum atomic E-state index is -0.665. The highest BCUT2D eigenvalue weighted by atomic mass is 16.6. The zero-order valence-electron chi connectivity index (χ0n) is 16.7. The smallest absolute Gasteiger partial charge is 0.313 e. The maximum atomic E-state index is 12.2. The van der Waals surface area contributed by atoms with E-state index in [0.29, 0.717) is 48.9 Å². The summed E-state index contributed by atoms with van der Waals surface area (Å²) in [6, 6.07) is 5.74. The Morgan fingerprint density at radius 2 is 1.66 bits per heavy atom. The summed E-state index contributed by atoms with van der Waals surface area (Å²) in [5.74, 6) is 0.363. The number of likely N-dealkylation sites (tertiary alicyclic amines) is 1. The van der Waals surface area contributed by atoms with Gasteiger partial charge in [-0.15, -0.1) is 0 Å². The molecule has 2 fully saturated rings. The Balaban J connectivity index is 1.19. The second-order valence-electron chi connectivity index (χ2n) is 7.85. The summed E-state index contributed by atoms with van der Waals surface area (Å²) >= 11 is 0. The lowest BCUT2D eigenvalue weighted by Crippen LogP contribution is -2.46. The van der Waals surface area contributed by atoms with Gasteiger partial charge in [0.1, 0.15) is 13.2 Å². The lowest BCUT2D eigenvalue weighted by Gasteiger charge is -2.39. The average Bonchev–Trinajstić information content (AvgIpc) is 2.78. The van der Waals surface area contributed by atoms with Crippen LogP contribution in [0.4, 0.5) is 5.69 Å². The van der Waals surface area contributed by atoms with Crippen LogP contribution in [0.3, 0.4) is 0 Å². The molecule has 2 saturated heterocycles. The van der Waals surface area contributed by atoms with Gasteiger partial charge in [-0.2, -0.15) is 0 Å². The molecule has 0 aromatic heterocycles. The molecule has 0 saturated carbocycles. The second-order valence-corrected chi connectivity index (χ2v) is 7.85. The molecule has 1 aromatic carbocycles. The van der Waals surface area contributed by atoms with Gasteiger partial charge in [-0.1, -0.05) is 0 Å². The summed E-state index contributed by atoms with van der Waals surface area (Å²) in [4.78, 5) is 26.9. The minimum Gasteiger partial charge on any atom is -0.486 e. The number of anilines is 1. The molecule has 0 unspecified atom stereocenters. The summed E-state index contributed by atoms with van der Waals surface area (Å²) in [6.45, 7) is 5.34. The number of carbonyl (C=O) groups excluding carboxylic acids is 2. The number of fused-ring (bicyclic) bond motifs is 1. The van der Waals surface area contributed by atoms with Crippen LogP contribution in [0.15, 0.2) is 18.2 Å². The molecule has 2 N–H and O–H groups in total. The quantitative estimate of drug-likeness (QED) is 0.739. The van der Waals surface area contributed by atoms with Gasteiger partial charge in [-0.3, -0.25) is 9.59 Å². The van der Waals surface area contributed by atoms with Crippen molar-refractivity contribution in [1.82, 2.24) is 10.2 Å². The Morgan fingerprint density at radius 1 is 0.931 bits per heavy atom. The first-order valence-corrected chi connectivity index (χ1v) is 10.5. The number of carbonyl (C=O) groups is 2. The molecule has 8 nitrogen and oxygen atoms in total. The number of hydrogen-bond donors (Lipinski definition) is 2. The van der Waals surface area contributed by atoms with Gasteiger partial charge >= 0.3 is 11.8 Å². The van der Waals surface area contributed by atoms with E-state index in [1.807, 2.05) is 0 Å². The second kappa shape index (κ2) is 9.45. The number of nitrogens with zero attached hydrogens (tertiary/aromatic N) is 1. The van der Waals surface area contributed by atoms with Gasteiger partial charge in [-0.05, 0) is 56.8 Å². The van der Waals surface area contributed by atoms with Gasteiger partial charge in [0.15, 0.2) is 11.5 Å². The van der Waals surface area contributed by atoms with E-state index in [4.69, 9.17) is 14.2 Å². The molecular formula is C21H29N3O5. The predicted octanol–water partition coefficient (Wildman–Crippen LogP) is 1.40. The van der Waals surface area contributed by atoms with Crippen molar-refractivity contribution >= 4 is 17.5 Å². The molecule has 0 radical (unpaired) electrons. The van der Waals surface area contributed by atoms with Crippen molar-refractivity contribution in [2.75, 3.05) is 51.4 Å². The molecular weight excluding hydrogens is 374 g/mol. The molecule has 158 valence electrons. The number of amides is 2. The van der Waals surface area contributed by atoms with Crippen LogP contribution >= 0.6 is 0 Å². The third-order valence-corrected chi connectivity index (χ3v) is 5.91. The van der Waals surface area contributed by atoms with Crippen LogP contribution in [0.1, 0.15) is 25.7 Å². The van der Waals surface area contributed by atoms with Crippen LogP contribution in [0.2, 0.25) is 0 Å². The van der Waals surface area contributed by atoms with E-state index in [1.165, 1.54) is 0 Å². The van der Waals surface area contributed by atoms with Gasteiger partial charge in [0, 0.05) is 37.6 Å². The summed E-state index contributed by atoms with van der Waals surface area (Å²) < 4.78 is 16.4. The van der Waals surface area contributed by atoms with Crippen molar-refractivity contribution in [2.24, 2.45) is 5.92 Å². The Hall–Kier alpha value is -2.32. The highest BCUT2D eigenvalue weighted by Gasteiger charge is 2.27. The molecule has 3 aliphatic heterocycles. The molecule has 1 aromatic rings. The van der Waals surface area contributed by atoms with Crippen molar-refractivity contribution < 1.29 is 23.8 Å². The number of nitrogens with one attached hydrogen (secondary N) is 2. The van der Waals surface area contributed by atoms with Crippen molar-refractivity contribution in [3.05, 3.63) is 18.2 Å². The Bertz CT molecular complexity index is 727. The molecule has 0 spiro atoms. The van der Waals surface area contributed by atoms with Gasteiger partial charge < -0.3 is 29.7 Å². The third kappa shape index (κ3) is 5.19. The van der Waals surface area contributed by atoms with E-state index >= 15 is 0 Å². The maximum Gasteiger partial charge on any atom is 0.313 e. The van der Waals surface area contributed by atoms with E-state index in [-0.39, 0.29) is 0 Å². The number of piperidine rings is 1. The van der Waals surface area contributed by atoms with E-state index in [9.17, 15) is 9.59 Å². The summed E-state index contributed by atoms with van der Waals surface area (Å²) in [6.07, 6.45) is 4.31. The molecule has 3 aliphatic rings. The molecule has 4 rings (SSSR count). The number of hydrogen-bond acceptors (Lipinski definition) is 6. The number of benzene rings is 1. The molecule has 8 heteroatoms. The van der Waals surface area contributed by atoms with Crippen LogP contribution < -0.4 is 20.1 Å². The predicted molar refractivity (Wildman–Crippen MR) is 107 cm³/mol. The van der Waals surface area contributed by atoms with Gasteiger partial charge in [0.05, 0.1) is 0 Å². The van der Waals surface area contributed by atoms with Crippen LogP contribution in [-0.2, 0) is 14.3 Å². The van der Waals surface area contributed by atoms with Crippen LogP contribution in [0.25, 0.3) is 0 Å². The standard InChI is InChI=1S/C21H29N3O5/c25-20(21(26)23-16-1-2-18-19(13-16)29-12-11-28-18)22-14-15-3-7-24(8-4-15)17-5-9-27-10-6-17/h1-2,13,15,17H,3-12,14H2,(H,22,25)(H,23,26). The zero-order valence-corrected chi connectivity index (χ0v) is 16.7. The Morgan fingerprint density at radius 3 is 2.41 bits per heavy atom. The van der Waals surface area contributed by atoms with Crippen molar-refractivity contribution in [3.8, 4) is 11.5 Å². The monoisotopic (exact) mass is 403 g/mol. The van der Waals surface area contributed by atoms with Crippen LogP contribution in [-0.4, -0.2) is 68.8 Å². The molecule has 3 heterocycles. The Kier molecular flexibility index (Phi) is 6.51. The number of ether oxygens (including phenoxy) is 3. The lowest BCUT2D eigenvalue weighted by atomic mass is 9.94. The van der Waals surface area contributed by atoms with Gasteiger partial charge in [0.2, 0.25) is 0 Å². The fourth-order valence-corrected chi connectivity index (χ4v) is 4.20. The first kappa shape index (κ1) is 20.0. The Labute approximate surface area is 170 Å². The highest BCUT2D eigenvalue weighted by molar-refractivity contribution is 6.39. The van der Waals surface area contributed by atoms with E-state index < -0.39 is 11.8 Å². The van der Waals surface area contributed by atoms with Crippen molar-refractivity contribution in [2.45, 2.75) is 31.7 Å². The molecule has 0 atom stereocenters. The SMILES string of the molecule is O=C(NCC1CCN(C2CCOCC2)CC1)C(=O)Nc1ccc2c(c1)OCCO2. The largest absolute Gasteiger partial charge is 0.486 e. The van der Waals surface area contributed by atoms with Crippen LogP contribution in [0, 0.1) is 5.92 Å². The van der Waals surface area contributed by atoms with Gasteiger partial charge in [0.25, 0.3) is 0 Å². The average molecular weight is 403 g/mol. The van der Waals surface area contributed by atoms with E-state index in [1.54, 1.807) is 18.2 Å². The minimum absolute atomic E-state index is 0.414. The van der Waals surface area contributed by atoms with Crippen molar-refractivity contribution in [1.29, 1.82) is 0 Å². The maximum absolute atomic E-state index is 12.2. The first-order chi connectivity index (χ1) is 14.2. The third-order valence-electron chi connectivity index (χ3n) is 5.91. The lowest BCUT2D eigenvalue weighted by molar-refractivity contribution is -0.136. The molecule has 2 amide bonds. The zero-order chi connectivity index (χ0) is 20.1. The van der Waals surface area contributed by atoms with E-state index in [0.717, 1.165) is 52.0 Å². The van der Waals surface area contributed by atoms with Crippen molar-refractivity contribution in [3.63, 3.8) is 0 Å². The fraction of sp³-hybridized carbons (Fsp3) is 0.619.